The molecule has 0 atom stereocenters. The Morgan fingerprint density at radius 3 is 2.69 bits per heavy atom. The summed E-state index contributed by atoms with van der Waals surface area (Å²) in [6.07, 6.45) is 0.240. The van der Waals surface area contributed by atoms with E-state index in [4.69, 9.17) is 9.47 Å². The zero-order valence-corrected chi connectivity index (χ0v) is 8.46. The second-order valence-corrected chi connectivity index (χ2v) is 3.43. The number of ether oxygens (including phenoxy) is 2. The smallest absolute Gasteiger partial charge is 0.311 e. The summed E-state index contributed by atoms with van der Waals surface area (Å²) in [4.78, 5) is 9.98. The molecule has 0 aromatic heterocycles. The number of rotatable bonds is 2. The molecule has 0 spiro atoms. The Labute approximate surface area is 91.6 Å². The van der Waals surface area contributed by atoms with Crippen LogP contribution in [0.3, 0.4) is 0 Å². The van der Waals surface area contributed by atoms with E-state index in [0.717, 1.165) is 6.42 Å². The summed E-state index contributed by atoms with van der Waals surface area (Å²) in [5.74, 6) is -0.357. The Morgan fingerprint density at radius 1 is 1.38 bits per heavy atom. The van der Waals surface area contributed by atoms with Gasteiger partial charge in [0.1, 0.15) is 0 Å². The Hall–Kier alpha value is -1.66. The normalized spacial score (nSPS) is 17.2. The zero-order chi connectivity index (χ0) is 11.5. The predicted molar refractivity (Wildman–Crippen MR) is 54.0 cm³/mol. The van der Waals surface area contributed by atoms with Crippen LogP contribution in [0.2, 0.25) is 0 Å². The maximum Gasteiger partial charge on any atom is 0.311 e. The SMILES string of the molecule is O=[N+]([O-])c1cc(C2OCCCO2)ccc1O. The van der Waals surface area contributed by atoms with Crippen LogP contribution < -0.4 is 0 Å². The highest BCUT2D eigenvalue weighted by atomic mass is 16.7. The quantitative estimate of drug-likeness (QED) is 0.612. The molecule has 6 heteroatoms. The molecule has 0 aliphatic carbocycles. The number of nitrogens with zero attached hydrogens (tertiary/aromatic N) is 1. The van der Waals surface area contributed by atoms with E-state index in [0.29, 0.717) is 18.8 Å². The Balaban J connectivity index is 2.27. The van der Waals surface area contributed by atoms with Crippen LogP contribution in [-0.4, -0.2) is 23.2 Å². The van der Waals surface area contributed by atoms with E-state index in [1.54, 1.807) is 6.07 Å². The van der Waals surface area contributed by atoms with Crippen molar-refractivity contribution in [2.24, 2.45) is 0 Å². The average Bonchev–Trinajstić information content (AvgIpc) is 2.30. The molecule has 6 nitrogen and oxygen atoms in total. The highest BCUT2D eigenvalue weighted by molar-refractivity contribution is 5.47. The summed E-state index contributed by atoms with van der Waals surface area (Å²) < 4.78 is 10.6. The molecule has 1 aromatic rings. The Kier molecular flexibility index (Phi) is 3.02. The van der Waals surface area contributed by atoms with E-state index < -0.39 is 11.2 Å². The summed E-state index contributed by atoms with van der Waals surface area (Å²) in [5.41, 5.74) is 0.208. The van der Waals surface area contributed by atoms with Crippen molar-refractivity contribution in [2.45, 2.75) is 12.7 Å². The fourth-order valence-electron chi connectivity index (χ4n) is 1.51. The van der Waals surface area contributed by atoms with Crippen LogP contribution in [-0.2, 0) is 9.47 Å². The van der Waals surface area contributed by atoms with Crippen LogP contribution in [0.25, 0.3) is 0 Å². The van der Waals surface area contributed by atoms with Gasteiger partial charge >= 0.3 is 5.69 Å². The van der Waals surface area contributed by atoms with E-state index in [-0.39, 0.29) is 11.4 Å². The summed E-state index contributed by atoms with van der Waals surface area (Å²) in [7, 11) is 0. The molecule has 1 N–H and O–H groups in total. The largest absolute Gasteiger partial charge is 0.502 e. The first kappa shape index (κ1) is 10.8. The molecule has 1 aliphatic rings. The van der Waals surface area contributed by atoms with Gasteiger partial charge in [-0.2, -0.15) is 0 Å². The molecule has 1 aromatic carbocycles. The third-order valence-electron chi connectivity index (χ3n) is 2.30. The van der Waals surface area contributed by atoms with Gasteiger partial charge in [-0.1, -0.05) is 0 Å². The molecule has 0 bridgehead atoms. The van der Waals surface area contributed by atoms with E-state index in [1.165, 1.54) is 12.1 Å². The monoisotopic (exact) mass is 225 g/mol. The summed E-state index contributed by atoms with van der Waals surface area (Å²) in [6, 6.07) is 4.10. The van der Waals surface area contributed by atoms with Crippen LogP contribution >= 0.6 is 0 Å². The van der Waals surface area contributed by atoms with Gasteiger partial charge in [0.2, 0.25) is 0 Å². The highest BCUT2D eigenvalue weighted by Gasteiger charge is 2.21. The molecule has 1 aliphatic heterocycles. The van der Waals surface area contributed by atoms with Crippen LogP contribution in [0.5, 0.6) is 5.75 Å². The molecular weight excluding hydrogens is 214 g/mol. The Morgan fingerprint density at radius 2 is 2.06 bits per heavy atom. The fraction of sp³-hybridized carbons (Fsp3) is 0.400. The number of hydrogen-bond acceptors (Lipinski definition) is 5. The number of nitro groups is 1. The van der Waals surface area contributed by atoms with Crippen molar-refractivity contribution in [2.75, 3.05) is 13.2 Å². The first-order chi connectivity index (χ1) is 7.68. The van der Waals surface area contributed by atoms with Crippen LogP contribution in [0.4, 0.5) is 5.69 Å². The van der Waals surface area contributed by atoms with Crippen molar-refractivity contribution in [1.82, 2.24) is 0 Å². The topological polar surface area (TPSA) is 81.8 Å². The average molecular weight is 225 g/mol. The number of phenolic OH excluding ortho intramolecular Hbond substituents is 1. The third kappa shape index (κ3) is 2.12. The maximum atomic E-state index is 10.6. The first-order valence-electron chi connectivity index (χ1n) is 4.89. The lowest BCUT2D eigenvalue weighted by molar-refractivity contribution is -0.386. The minimum Gasteiger partial charge on any atom is -0.502 e. The molecule has 1 fully saturated rings. The number of phenols is 1. The van der Waals surface area contributed by atoms with Crippen LogP contribution in [0, 0.1) is 10.1 Å². The molecule has 0 saturated carbocycles. The summed E-state index contributed by atoms with van der Waals surface area (Å²) >= 11 is 0. The second kappa shape index (κ2) is 4.46. The van der Waals surface area contributed by atoms with Gasteiger partial charge in [0.05, 0.1) is 18.1 Å². The number of benzene rings is 1. The first-order valence-corrected chi connectivity index (χ1v) is 4.89. The van der Waals surface area contributed by atoms with Gasteiger partial charge in [-0.05, 0) is 18.6 Å². The van der Waals surface area contributed by atoms with Crippen LogP contribution in [0.15, 0.2) is 18.2 Å². The highest BCUT2D eigenvalue weighted by Crippen LogP contribution is 2.31. The predicted octanol–water partition coefficient (Wildman–Crippen LogP) is 1.74. The molecule has 1 saturated heterocycles. The van der Waals surface area contributed by atoms with Gasteiger partial charge in [-0.25, -0.2) is 0 Å². The van der Waals surface area contributed by atoms with Crippen molar-refractivity contribution in [3.63, 3.8) is 0 Å². The van der Waals surface area contributed by atoms with Gasteiger partial charge in [-0.15, -0.1) is 0 Å². The van der Waals surface area contributed by atoms with Crippen LogP contribution in [0.1, 0.15) is 18.3 Å². The number of hydrogen-bond donors (Lipinski definition) is 1. The lowest BCUT2D eigenvalue weighted by Gasteiger charge is -2.23. The van der Waals surface area contributed by atoms with E-state index in [2.05, 4.69) is 0 Å². The van der Waals surface area contributed by atoms with Gasteiger partial charge in [0.15, 0.2) is 12.0 Å². The molecule has 0 unspecified atom stereocenters. The second-order valence-electron chi connectivity index (χ2n) is 3.43. The third-order valence-corrected chi connectivity index (χ3v) is 2.30. The molecule has 86 valence electrons. The number of aromatic hydroxyl groups is 1. The lowest BCUT2D eigenvalue weighted by Crippen LogP contribution is -2.17. The minimum absolute atomic E-state index is 0.338. The maximum absolute atomic E-state index is 10.6. The van der Waals surface area contributed by atoms with Crippen molar-refractivity contribution in [1.29, 1.82) is 0 Å². The zero-order valence-electron chi connectivity index (χ0n) is 8.46. The lowest BCUT2D eigenvalue weighted by atomic mass is 10.1. The molecule has 0 amide bonds. The molecule has 16 heavy (non-hydrogen) atoms. The van der Waals surface area contributed by atoms with Gasteiger partial charge in [-0.3, -0.25) is 10.1 Å². The minimum atomic E-state index is -0.637. The standard InChI is InChI=1S/C10H11NO5/c12-9-3-2-7(6-8(9)11(13)14)10-15-4-1-5-16-10/h2-3,6,10,12H,1,4-5H2. The van der Waals surface area contributed by atoms with Gasteiger partial charge in [0, 0.05) is 11.6 Å². The Bertz CT molecular complexity index is 400. The molecule has 1 heterocycles. The van der Waals surface area contributed by atoms with Gasteiger partial charge in [0.25, 0.3) is 0 Å². The number of nitro benzene ring substituents is 1. The summed E-state index contributed by atoms with van der Waals surface area (Å²) in [5, 5.41) is 19.9. The van der Waals surface area contributed by atoms with E-state index in [9.17, 15) is 15.2 Å². The fourth-order valence-corrected chi connectivity index (χ4v) is 1.51. The van der Waals surface area contributed by atoms with E-state index in [1.807, 2.05) is 0 Å². The van der Waals surface area contributed by atoms with Crippen molar-refractivity contribution in [3.05, 3.63) is 33.9 Å². The van der Waals surface area contributed by atoms with Crippen molar-refractivity contribution in [3.8, 4) is 5.75 Å². The van der Waals surface area contributed by atoms with Crippen molar-refractivity contribution >= 4 is 5.69 Å². The van der Waals surface area contributed by atoms with E-state index >= 15 is 0 Å². The molecule has 2 rings (SSSR count). The van der Waals surface area contributed by atoms with Crippen molar-refractivity contribution < 1.29 is 19.5 Å². The van der Waals surface area contributed by atoms with Gasteiger partial charge < -0.3 is 14.6 Å². The summed E-state index contributed by atoms with van der Waals surface area (Å²) in [6.45, 7) is 1.14. The molecular formula is C10H11NO5. The molecule has 0 radical (unpaired) electrons.